The highest BCUT2D eigenvalue weighted by Crippen LogP contribution is 2.39. The molecule has 1 atom stereocenters. The van der Waals surface area contributed by atoms with E-state index in [1.54, 1.807) is 6.34 Å². The van der Waals surface area contributed by atoms with Crippen molar-refractivity contribution in [2.45, 2.75) is 12.3 Å². The molecule has 134 valence electrons. The number of nitrogens with zero attached hydrogens (tertiary/aromatic N) is 3. The number of carbonyl (C=O) groups excluding carboxylic acids is 1. The fourth-order valence-corrected chi connectivity index (χ4v) is 3.30. The highest BCUT2D eigenvalue weighted by atomic mass is 16.1. The molecule has 0 amide bonds. The summed E-state index contributed by atoms with van der Waals surface area (Å²) in [5, 5.41) is 0. The fraction of sp³-hybridized carbons (Fsp3) is 0.273. The first-order valence-electron chi connectivity index (χ1n) is 8.77. The molecule has 0 bridgehead atoms. The average molecular weight is 347 g/mol. The Bertz CT molecular complexity index is 848. The summed E-state index contributed by atoms with van der Waals surface area (Å²) in [6.45, 7) is 0. The second kappa shape index (κ2) is 7.56. The fourth-order valence-electron chi connectivity index (χ4n) is 3.30. The van der Waals surface area contributed by atoms with Gasteiger partial charge in [0.1, 0.15) is 0 Å². The van der Waals surface area contributed by atoms with Crippen LogP contribution in [0.25, 0.3) is 0 Å². The summed E-state index contributed by atoms with van der Waals surface area (Å²) in [4.78, 5) is 21.1. The molecule has 0 radical (unpaired) electrons. The SMILES string of the molecule is CN(C)/C=N\c1ccc(C2C/C(=C\N(C)C)C(=O)c3ccccc32)cc1. The van der Waals surface area contributed by atoms with Gasteiger partial charge in [-0.05, 0) is 29.7 Å². The van der Waals surface area contributed by atoms with E-state index in [1.165, 1.54) is 5.56 Å². The van der Waals surface area contributed by atoms with Crippen LogP contribution in [0.2, 0.25) is 0 Å². The first kappa shape index (κ1) is 17.9. The minimum atomic E-state index is 0.137. The second-order valence-corrected chi connectivity index (χ2v) is 7.09. The molecule has 1 unspecified atom stereocenters. The summed E-state index contributed by atoms with van der Waals surface area (Å²) < 4.78 is 0. The van der Waals surface area contributed by atoms with E-state index < -0.39 is 0 Å². The van der Waals surface area contributed by atoms with Gasteiger partial charge in [0.25, 0.3) is 0 Å². The number of hydrogen-bond acceptors (Lipinski definition) is 3. The van der Waals surface area contributed by atoms with Gasteiger partial charge in [0.05, 0.1) is 12.0 Å². The summed E-state index contributed by atoms with van der Waals surface area (Å²) in [6.07, 6.45) is 4.46. The predicted octanol–water partition coefficient (Wildman–Crippen LogP) is 4.07. The Balaban J connectivity index is 1.98. The number of fused-ring (bicyclic) bond motifs is 1. The molecule has 4 heteroatoms. The van der Waals surface area contributed by atoms with Crippen molar-refractivity contribution in [3.8, 4) is 0 Å². The average Bonchev–Trinajstić information content (AvgIpc) is 2.62. The number of Topliss-reactive ketones (excluding diaryl/α,β-unsaturated/α-hetero) is 1. The number of ketones is 1. The topological polar surface area (TPSA) is 35.9 Å². The van der Waals surface area contributed by atoms with Crippen LogP contribution in [0, 0.1) is 0 Å². The van der Waals surface area contributed by atoms with Crippen LogP contribution in [0.4, 0.5) is 5.69 Å². The van der Waals surface area contributed by atoms with Crippen LogP contribution in [0.1, 0.15) is 33.8 Å². The first-order valence-corrected chi connectivity index (χ1v) is 8.77. The third-order valence-electron chi connectivity index (χ3n) is 4.44. The summed E-state index contributed by atoms with van der Waals surface area (Å²) >= 11 is 0. The Kier molecular flexibility index (Phi) is 5.21. The molecular formula is C22H25N3O. The molecular weight excluding hydrogens is 322 g/mol. The zero-order valence-corrected chi connectivity index (χ0v) is 15.8. The summed E-state index contributed by atoms with van der Waals surface area (Å²) in [6, 6.07) is 16.2. The monoisotopic (exact) mass is 347 g/mol. The molecule has 1 aliphatic rings. The molecule has 26 heavy (non-hydrogen) atoms. The molecule has 1 aliphatic carbocycles. The van der Waals surface area contributed by atoms with Gasteiger partial charge in [-0.3, -0.25) is 4.79 Å². The third kappa shape index (κ3) is 3.85. The highest BCUT2D eigenvalue weighted by Gasteiger charge is 2.30. The van der Waals surface area contributed by atoms with E-state index in [0.717, 1.165) is 22.4 Å². The smallest absolute Gasteiger partial charge is 0.190 e. The van der Waals surface area contributed by atoms with Crippen LogP contribution in [0.5, 0.6) is 0 Å². The van der Waals surface area contributed by atoms with E-state index in [1.807, 2.05) is 74.5 Å². The quantitative estimate of drug-likeness (QED) is 0.475. The Labute approximate surface area is 155 Å². The van der Waals surface area contributed by atoms with Gasteiger partial charge in [0, 0.05) is 51.4 Å². The molecule has 0 saturated heterocycles. The van der Waals surface area contributed by atoms with Gasteiger partial charge in [0.15, 0.2) is 5.78 Å². The molecule has 3 rings (SSSR count). The number of hydrogen-bond donors (Lipinski definition) is 0. The normalized spacial score (nSPS) is 18.2. The van der Waals surface area contributed by atoms with Crippen molar-refractivity contribution in [1.82, 2.24) is 9.80 Å². The van der Waals surface area contributed by atoms with Crippen LogP contribution in [0.15, 0.2) is 65.3 Å². The molecule has 0 heterocycles. The summed E-state index contributed by atoms with van der Waals surface area (Å²) in [7, 11) is 7.81. The number of allylic oxidation sites excluding steroid dienone is 1. The van der Waals surface area contributed by atoms with Crippen molar-refractivity contribution < 1.29 is 4.79 Å². The van der Waals surface area contributed by atoms with Crippen LogP contribution in [-0.2, 0) is 0 Å². The number of benzene rings is 2. The van der Waals surface area contributed by atoms with E-state index in [2.05, 4.69) is 23.2 Å². The first-order chi connectivity index (χ1) is 12.5. The van der Waals surface area contributed by atoms with E-state index >= 15 is 0 Å². The van der Waals surface area contributed by atoms with Crippen molar-refractivity contribution in [3.05, 3.63) is 77.0 Å². The number of rotatable bonds is 4. The highest BCUT2D eigenvalue weighted by molar-refractivity contribution is 6.11. The van der Waals surface area contributed by atoms with Crippen molar-refractivity contribution >= 4 is 17.8 Å². The molecule has 0 fully saturated rings. The Morgan fingerprint density at radius 2 is 1.65 bits per heavy atom. The van der Waals surface area contributed by atoms with E-state index in [9.17, 15) is 4.79 Å². The van der Waals surface area contributed by atoms with Crippen molar-refractivity contribution in [3.63, 3.8) is 0 Å². The van der Waals surface area contributed by atoms with Crippen molar-refractivity contribution in [2.24, 2.45) is 4.99 Å². The molecule has 0 aliphatic heterocycles. The minimum absolute atomic E-state index is 0.137. The Morgan fingerprint density at radius 1 is 0.962 bits per heavy atom. The summed E-state index contributed by atoms with van der Waals surface area (Å²) in [5.41, 5.74) is 4.91. The van der Waals surface area contributed by atoms with Gasteiger partial charge < -0.3 is 9.80 Å². The molecule has 2 aromatic rings. The van der Waals surface area contributed by atoms with E-state index in [-0.39, 0.29) is 11.7 Å². The van der Waals surface area contributed by atoms with Gasteiger partial charge in [0.2, 0.25) is 0 Å². The van der Waals surface area contributed by atoms with Gasteiger partial charge in [-0.1, -0.05) is 36.4 Å². The van der Waals surface area contributed by atoms with Crippen LogP contribution in [-0.4, -0.2) is 50.1 Å². The molecule has 2 aromatic carbocycles. The molecule has 4 nitrogen and oxygen atoms in total. The van der Waals surface area contributed by atoms with Crippen LogP contribution >= 0.6 is 0 Å². The maximum absolute atomic E-state index is 12.8. The lowest BCUT2D eigenvalue weighted by Crippen LogP contribution is -2.21. The van der Waals surface area contributed by atoms with Gasteiger partial charge in [-0.15, -0.1) is 0 Å². The lowest BCUT2D eigenvalue weighted by Gasteiger charge is -2.27. The lowest BCUT2D eigenvalue weighted by molar-refractivity contribution is 0.102. The largest absolute Gasteiger partial charge is 0.383 e. The summed E-state index contributed by atoms with van der Waals surface area (Å²) in [5.74, 6) is 0.319. The minimum Gasteiger partial charge on any atom is -0.383 e. The van der Waals surface area contributed by atoms with E-state index in [0.29, 0.717) is 6.42 Å². The number of aliphatic imine (C=N–C) groups is 1. The predicted molar refractivity (Wildman–Crippen MR) is 107 cm³/mol. The van der Waals surface area contributed by atoms with Crippen LogP contribution in [0.3, 0.4) is 0 Å². The molecule has 0 aromatic heterocycles. The zero-order valence-electron chi connectivity index (χ0n) is 15.8. The lowest BCUT2D eigenvalue weighted by atomic mass is 9.76. The Morgan fingerprint density at radius 3 is 2.31 bits per heavy atom. The number of carbonyl (C=O) groups is 1. The van der Waals surface area contributed by atoms with Crippen molar-refractivity contribution in [2.75, 3.05) is 28.2 Å². The van der Waals surface area contributed by atoms with Crippen molar-refractivity contribution in [1.29, 1.82) is 0 Å². The van der Waals surface area contributed by atoms with E-state index in [4.69, 9.17) is 0 Å². The van der Waals surface area contributed by atoms with Crippen LogP contribution < -0.4 is 0 Å². The zero-order chi connectivity index (χ0) is 18.7. The standard InChI is InChI=1S/C22H25N3O/c1-24(2)14-17-13-21(19-7-5-6-8-20(19)22(17)26)16-9-11-18(12-10-16)23-15-25(3)4/h5-12,14-15,21H,13H2,1-4H3/b17-14+,23-15-. The molecule has 0 N–H and O–H groups in total. The molecule has 0 saturated carbocycles. The third-order valence-corrected chi connectivity index (χ3v) is 4.44. The Hall–Kier alpha value is -2.88. The maximum Gasteiger partial charge on any atom is 0.190 e. The second-order valence-electron chi connectivity index (χ2n) is 7.09. The maximum atomic E-state index is 12.8. The van der Waals surface area contributed by atoms with Gasteiger partial charge in [-0.25, -0.2) is 4.99 Å². The van der Waals surface area contributed by atoms with Gasteiger partial charge >= 0.3 is 0 Å². The van der Waals surface area contributed by atoms with Gasteiger partial charge in [-0.2, -0.15) is 0 Å². The molecule has 0 spiro atoms.